The van der Waals surface area contributed by atoms with Crippen LogP contribution < -0.4 is 14.8 Å². The lowest BCUT2D eigenvalue weighted by Gasteiger charge is -2.34. The molecule has 3 rings (SSSR count). The number of hydrogen-bond donors (Lipinski definition) is 1. The predicted octanol–water partition coefficient (Wildman–Crippen LogP) is 2.90. The van der Waals surface area contributed by atoms with E-state index in [1.165, 1.54) is 18.2 Å². The summed E-state index contributed by atoms with van der Waals surface area (Å²) in [5.74, 6) is 0.310. The Labute approximate surface area is 179 Å². The molecule has 1 aliphatic rings. The Hall–Kier alpha value is -2.78. The Kier molecular flexibility index (Phi) is 8.13. The molecule has 2 aromatic rings. The van der Waals surface area contributed by atoms with Crippen LogP contribution in [0.2, 0.25) is 0 Å². The molecule has 1 heterocycles. The first kappa shape index (κ1) is 22.9. The SMILES string of the molecule is O=C(CN1CCN(CCOc2ccccc2)CC1)NCc1ccccc1OC(F)(F)F. The first-order chi connectivity index (χ1) is 14.9. The number of nitrogens with one attached hydrogen (secondary N) is 1. The van der Waals surface area contributed by atoms with Crippen LogP contribution in [0, 0.1) is 0 Å². The fourth-order valence-corrected chi connectivity index (χ4v) is 3.31. The third-order valence-corrected chi connectivity index (χ3v) is 4.93. The van der Waals surface area contributed by atoms with Crippen molar-refractivity contribution in [3.8, 4) is 11.5 Å². The van der Waals surface area contributed by atoms with Crippen molar-refractivity contribution in [3.05, 3.63) is 60.2 Å². The highest BCUT2D eigenvalue weighted by Gasteiger charge is 2.32. The number of carbonyl (C=O) groups is 1. The van der Waals surface area contributed by atoms with E-state index in [9.17, 15) is 18.0 Å². The number of benzene rings is 2. The quantitative estimate of drug-likeness (QED) is 0.654. The zero-order valence-electron chi connectivity index (χ0n) is 17.1. The normalized spacial score (nSPS) is 15.5. The predicted molar refractivity (Wildman–Crippen MR) is 110 cm³/mol. The van der Waals surface area contributed by atoms with Crippen molar-refractivity contribution >= 4 is 5.91 Å². The molecule has 0 spiro atoms. The van der Waals surface area contributed by atoms with Crippen molar-refractivity contribution in [1.29, 1.82) is 0 Å². The molecule has 0 radical (unpaired) electrons. The van der Waals surface area contributed by atoms with E-state index in [0.717, 1.165) is 38.5 Å². The molecular formula is C22H26F3N3O3. The van der Waals surface area contributed by atoms with E-state index >= 15 is 0 Å². The van der Waals surface area contributed by atoms with Crippen LogP contribution in [0.3, 0.4) is 0 Å². The van der Waals surface area contributed by atoms with Crippen LogP contribution >= 0.6 is 0 Å². The van der Waals surface area contributed by atoms with Gasteiger partial charge >= 0.3 is 6.36 Å². The van der Waals surface area contributed by atoms with Crippen molar-refractivity contribution < 1.29 is 27.4 Å². The van der Waals surface area contributed by atoms with Crippen LogP contribution in [0.1, 0.15) is 5.56 Å². The summed E-state index contributed by atoms with van der Waals surface area (Å²) in [5, 5.41) is 2.67. The lowest BCUT2D eigenvalue weighted by molar-refractivity contribution is -0.274. The van der Waals surface area contributed by atoms with Gasteiger partial charge in [-0.1, -0.05) is 36.4 Å². The summed E-state index contributed by atoms with van der Waals surface area (Å²) in [5.41, 5.74) is 0.274. The number of carbonyl (C=O) groups excluding carboxylic acids is 1. The van der Waals surface area contributed by atoms with Gasteiger partial charge in [0.05, 0.1) is 6.54 Å². The second-order valence-electron chi connectivity index (χ2n) is 7.21. The largest absolute Gasteiger partial charge is 0.573 e. The zero-order chi connectivity index (χ0) is 22.1. The molecule has 1 N–H and O–H groups in total. The average molecular weight is 437 g/mol. The van der Waals surface area contributed by atoms with E-state index in [4.69, 9.17) is 4.74 Å². The standard InChI is InChI=1S/C22H26F3N3O3/c23-22(24,25)31-20-9-5-4-6-18(20)16-26-21(29)17-28-12-10-27(11-13-28)14-15-30-19-7-2-1-3-8-19/h1-9H,10-17H2,(H,26,29). The van der Waals surface area contributed by atoms with Crippen LogP contribution in [0.15, 0.2) is 54.6 Å². The van der Waals surface area contributed by atoms with Crippen LogP contribution in [-0.4, -0.2) is 67.9 Å². The molecule has 1 saturated heterocycles. The molecule has 0 bridgehead atoms. The molecule has 31 heavy (non-hydrogen) atoms. The number of rotatable bonds is 9. The molecular weight excluding hydrogens is 411 g/mol. The summed E-state index contributed by atoms with van der Waals surface area (Å²) < 4.78 is 47.2. The van der Waals surface area contributed by atoms with Gasteiger partial charge in [0.25, 0.3) is 0 Å². The summed E-state index contributed by atoms with van der Waals surface area (Å²) in [7, 11) is 0. The minimum atomic E-state index is -4.77. The van der Waals surface area contributed by atoms with Crippen molar-refractivity contribution in [3.63, 3.8) is 0 Å². The van der Waals surface area contributed by atoms with Crippen LogP contribution in [0.4, 0.5) is 13.2 Å². The fourth-order valence-electron chi connectivity index (χ4n) is 3.31. The molecule has 2 aromatic carbocycles. The highest BCUT2D eigenvalue weighted by molar-refractivity contribution is 5.78. The van der Waals surface area contributed by atoms with Gasteiger partial charge in [-0.2, -0.15) is 0 Å². The number of nitrogens with zero attached hydrogens (tertiary/aromatic N) is 2. The number of alkyl halides is 3. The van der Waals surface area contributed by atoms with Gasteiger partial charge in [0, 0.05) is 44.8 Å². The minimum Gasteiger partial charge on any atom is -0.492 e. The van der Waals surface area contributed by atoms with Gasteiger partial charge in [-0.15, -0.1) is 13.2 Å². The van der Waals surface area contributed by atoms with Gasteiger partial charge in [0.1, 0.15) is 18.1 Å². The third kappa shape index (κ3) is 8.10. The number of ether oxygens (including phenoxy) is 2. The van der Waals surface area contributed by atoms with Crippen LogP contribution in [0.5, 0.6) is 11.5 Å². The van der Waals surface area contributed by atoms with E-state index in [0.29, 0.717) is 6.61 Å². The number of piperazine rings is 1. The van der Waals surface area contributed by atoms with Gasteiger partial charge in [0.15, 0.2) is 0 Å². The zero-order valence-corrected chi connectivity index (χ0v) is 17.1. The maximum Gasteiger partial charge on any atom is 0.573 e. The second-order valence-corrected chi connectivity index (χ2v) is 7.21. The number of para-hydroxylation sites is 2. The number of hydrogen-bond acceptors (Lipinski definition) is 5. The molecule has 1 aliphatic heterocycles. The maximum absolute atomic E-state index is 12.5. The first-order valence-electron chi connectivity index (χ1n) is 10.1. The van der Waals surface area contributed by atoms with E-state index in [1.807, 2.05) is 35.2 Å². The molecule has 168 valence electrons. The van der Waals surface area contributed by atoms with Crippen LogP contribution in [0.25, 0.3) is 0 Å². The molecule has 0 saturated carbocycles. The lowest BCUT2D eigenvalue weighted by Crippen LogP contribution is -2.50. The third-order valence-electron chi connectivity index (χ3n) is 4.93. The summed E-state index contributed by atoms with van der Waals surface area (Å²) >= 11 is 0. The van der Waals surface area contributed by atoms with Crippen molar-refractivity contribution in [2.24, 2.45) is 0 Å². The minimum absolute atomic E-state index is 0.0259. The Morgan fingerprint density at radius 1 is 0.935 bits per heavy atom. The molecule has 1 amide bonds. The van der Waals surface area contributed by atoms with Crippen molar-refractivity contribution in [2.75, 3.05) is 45.9 Å². The number of halogens is 3. The molecule has 9 heteroatoms. The molecule has 0 aliphatic carbocycles. The van der Waals surface area contributed by atoms with E-state index in [-0.39, 0.29) is 30.3 Å². The Bertz CT molecular complexity index is 825. The molecule has 0 atom stereocenters. The summed E-state index contributed by atoms with van der Waals surface area (Å²) in [6, 6.07) is 15.4. The Morgan fingerprint density at radius 3 is 2.29 bits per heavy atom. The maximum atomic E-state index is 12.5. The smallest absolute Gasteiger partial charge is 0.492 e. The first-order valence-corrected chi connectivity index (χ1v) is 10.1. The van der Waals surface area contributed by atoms with Gasteiger partial charge in [0.2, 0.25) is 5.91 Å². The summed E-state index contributed by atoms with van der Waals surface area (Å²) in [6.07, 6.45) is -4.77. The number of amides is 1. The molecule has 1 fully saturated rings. The van der Waals surface area contributed by atoms with E-state index < -0.39 is 6.36 Å². The Balaban J connectivity index is 1.35. The van der Waals surface area contributed by atoms with Gasteiger partial charge in [-0.3, -0.25) is 14.6 Å². The fraction of sp³-hybridized carbons (Fsp3) is 0.409. The molecule has 0 aromatic heterocycles. The second kappa shape index (κ2) is 11.0. The van der Waals surface area contributed by atoms with Crippen molar-refractivity contribution in [1.82, 2.24) is 15.1 Å². The highest BCUT2D eigenvalue weighted by atomic mass is 19.4. The van der Waals surface area contributed by atoms with Crippen molar-refractivity contribution in [2.45, 2.75) is 12.9 Å². The van der Waals surface area contributed by atoms with Gasteiger partial charge in [-0.05, 0) is 18.2 Å². The van der Waals surface area contributed by atoms with Crippen LogP contribution in [-0.2, 0) is 11.3 Å². The van der Waals surface area contributed by atoms with E-state index in [2.05, 4.69) is 15.0 Å². The summed E-state index contributed by atoms with van der Waals surface area (Å²) in [6.45, 7) is 4.73. The average Bonchev–Trinajstić information content (AvgIpc) is 2.74. The monoisotopic (exact) mass is 437 g/mol. The molecule has 0 unspecified atom stereocenters. The highest BCUT2D eigenvalue weighted by Crippen LogP contribution is 2.26. The lowest BCUT2D eigenvalue weighted by atomic mass is 10.2. The van der Waals surface area contributed by atoms with Gasteiger partial charge < -0.3 is 14.8 Å². The topological polar surface area (TPSA) is 54.0 Å². The molecule has 6 nitrogen and oxygen atoms in total. The van der Waals surface area contributed by atoms with Gasteiger partial charge in [-0.25, -0.2) is 0 Å². The van der Waals surface area contributed by atoms with E-state index in [1.54, 1.807) is 6.07 Å². The Morgan fingerprint density at radius 2 is 1.58 bits per heavy atom. The summed E-state index contributed by atoms with van der Waals surface area (Å²) in [4.78, 5) is 16.6.